The number of nitrogens with zero attached hydrogens (tertiary/aromatic N) is 5. The van der Waals surface area contributed by atoms with Gasteiger partial charge in [0.25, 0.3) is 6.01 Å². The molecule has 39 heavy (non-hydrogen) atoms. The molecular weight excluding hydrogens is 502 g/mol. The highest BCUT2D eigenvalue weighted by Crippen LogP contribution is 2.32. The molecule has 0 spiro atoms. The van der Waals surface area contributed by atoms with Crippen LogP contribution < -0.4 is 11.5 Å². The molecule has 0 radical (unpaired) electrons. The molecule has 0 bridgehead atoms. The van der Waals surface area contributed by atoms with Crippen molar-refractivity contribution in [1.29, 1.82) is 0 Å². The molecule has 0 aliphatic rings. The Balaban J connectivity index is 1.20. The van der Waals surface area contributed by atoms with Gasteiger partial charge in [-0.3, -0.25) is 4.79 Å². The van der Waals surface area contributed by atoms with Gasteiger partial charge in [-0.2, -0.15) is 10.1 Å². The van der Waals surface area contributed by atoms with Crippen molar-refractivity contribution in [2.45, 2.75) is 52.0 Å². The fourth-order valence-electron chi connectivity index (χ4n) is 4.24. The molecule has 4 N–H and O–H groups in total. The Kier molecular flexibility index (Phi) is 10.6. The molecule has 3 aromatic heterocycles. The Morgan fingerprint density at radius 2 is 1.72 bits per heavy atom. The molecule has 0 unspecified atom stereocenters. The van der Waals surface area contributed by atoms with E-state index in [0.717, 1.165) is 37.9 Å². The normalized spacial score (nSPS) is 11.6. The largest absolute Gasteiger partial charge is 0.424 e. The number of aryl methyl sites for hydroxylation is 1. The molecule has 0 aliphatic carbocycles. The van der Waals surface area contributed by atoms with Crippen molar-refractivity contribution in [3.05, 3.63) is 24.5 Å². The van der Waals surface area contributed by atoms with Gasteiger partial charge in [-0.25, -0.2) is 14.6 Å². The van der Waals surface area contributed by atoms with E-state index in [1.807, 2.05) is 16.8 Å². The van der Waals surface area contributed by atoms with Gasteiger partial charge in [0, 0.05) is 31.6 Å². The van der Waals surface area contributed by atoms with E-state index < -0.39 is 0 Å². The van der Waals surface area contributed by atoms with E-state index >= 15 is 0 Å². The molecule has 210 valence electrons. The van der Waals surface area contributed by atoms with Crippen LogP contribution in [0, 0.1) is 0 Å². The van der Waals surface area contributed by atoms with Crippen LogP contribution in [0.2, 0.25) is 0 Å². The molecule has 3 heterocycles. The van der Waals surface area contributed by atoms with Crippen LogP contribution in [0.4, 0.5) is 11.8 Å². The molecule has 0 aliphatic heterocycles. The third-order valence-corrected chi connectivity index (χ3v) is 6.18. The third kappa shape index (κ3) is 7.94. The maximum atomic E-state index is 12.2. The van der Waals surface area contributed by atoms with E-state index in [0.29, 0.717) is 86.1 Å². The van der Waals surface area contributed by atoms with Gasteiger partial charge >= 0.3 is 0 Å². The maximum Gasteiger partial charge on any atom is 0.292 e. The van der Waals surface area contributed by atoms with Crippen LogP contribution in [-0.2, 0) is 25.5 Å². The summed E-state index contributed by atoms with van der Waals surface area (Å²) in [6.07, 6.45) is 5.96. The number of fused-ring (bicyclic) bond motifs is 2. The lowest BCUT2D eigenvalue weighted by atomic mass is 10.1. The van der Waals surface area contributed by atoms with Crippen molar-refractivity contribution >= 4 is 39.7 Å². The van der Waals surface area contributed by atoms with Crippen LogP contribution in [0.5, 0.6) is 0 Å². The SMILES string of the molecule is CCCOCCOCCOCCC(=O)CCCCCn1nc(-c2ccc3oc(N)nc3c2)c2c(N)ncnc21. The summed E-state index contributed by atoms with van der Waals surface area (Å²) in [6.45, 7) is 6.04. The third-order valence-electron chi connectivity index (χ3n) is 6.18. The highest BCUT2D eigenvalue weighted by molar-refractivity contribution is 5.99. The standard InChI is InChI=1S/C27H37N7O5/c1-2-11-36-13-15-38-16-14-37-12-9-20(35)6-4-3-5-10-34-26-23(25(28)30-18-31-26)24(33-34)19-7-8-22-21(17-19)32-27(29)39-22/h7-8,17-18H,2-6,9-16H2,1H3,(H2,29,32)(H2,28,30,31). The first-order chi connectivity index (χ1) is 19.1. The Morgan fingerprint density at radius 1 is 0.949 bits per heavy atom. The second-order valence-electron chi connectivity index (χ2n) is 9.20. The van der Waals surface area contributed by atoms with Gasteiger partial charge in [-0.05, 0) is 37.5 Å². The summed E-state index contributed by atoms with van der Waals surface area (Å²) >= 11 is 0. The highest BCUT2D eigenvalue weighted by Gasteiger charge is 2.18. The first-order valence-corrected chi connectivity index (χ1v) is 13.4. The number of hydrogen-bond donors (Lipinski definition) is 2. The average molecular weight is 540 g/mol. The average Bonchev–Trinajstić information content (AvgIpc) is 3.49. The molecule has 0 saturated heterocycles. The maximum absolute atomic E-state index is 12.2. The van der Waals surface area contributed by atoms with Gasteiger partial charge in [-0.1, -0.05) is 13.3 Å². The highest BCUT2D eigenvalue weighted by atomic mass is 16.5. The summed E-state index contributed by atoms with van der Waals surface area (Å²) in [4.78, 5) is 25.0. The first kappa shape index (κ1) is 28.4. The summed E-state index contributed by atoms with van der Waals surface area (Å²) in [5.74, 6) is 0.571. The van der Waals surface area contributed by atoms with Gasteiger partial charge in [0.1, 0.15) is 29.1 Å². The number of anilines is 2. The number of unbranched alkanes of at least 4 members (excludes halogenated alkanes) is 2. The van der Waals surface area contributed by atoms with Crippen molar-refractivity contribution in [2.24, 2.45) is 0 Å². The zero-order valence-corrected chi connectivity index (χ0v) is 22.4. The first-order valence-electron chi connectivity index (χ1n) is 13.4. The van der Waals surface area contributed by atoms with Gasteiger partial charge in [0.2, 0.25) is 0 Å². The fourth-order valence-corrected chi connectivity index (χ4v) is 4.24. The molecule has 0 fully saturated rings. The number of ether oxygens (including phenoxy) is 3. The summed E-state index contributed by atoms with van der Waals surface area (Å²) < 4.78 is 23.5. The molecule has 0 saturated carbocycles. The Bertz CT molecular complexity index is 1350. The van der Waals surface area contributed by atoms with Crippen molar-refractivity contribution < 1.29 is 23.4 Å². The molecule has 0 atom stereocenters. The number of rotatable bonds is 18. The molecule has 1 aromatic carbocycles. The number of carbonyl (C=O) groups excluding carboxylic acids is 1. The van der Waals surface area contributed by atoms with Crippen molar-refractivity contribution in [3.63, 3.8) is 0 Å². The molecule has 4 rings (SSSR count). The number of carbonyl (C=O) groups is 1. The molecule has 12 heteroatoms. The van der Waals surface area contributed by atoms with E-state index in [2.05, 4.69) is 21.9 Å². The van der Waals surface area contributed by atoms with Gasteiger partial charge in [0.05, 0.1) is 38.4 Å². The summed E-state index contributed by atoms with van der Waals surface area (Å²) in [5.41, 5.74) is 15.3. The number of hydrogen-bond acceptors (Lipinski definition) is 11. The summed E-state index contributed by atoms with van der Waals surface area (Å²) in [5, 5.41) is 5.49. The number of aromatic nitrogens is 5. The van der Waals surface area contributed by atoms with Crippen LogP contribution in [0.25, 0.3) is 33.4 Å². The van der Waals surface area contributed by atoms with E-state index in [9.17, 15) is 4.79 Å². The number of benzene rings is 1. The number of oxazole rings is 1. The number of ketones is 1. The van der Waals surface area contributed by atoms with Gasteiger partial charge < -0.3 is 30.1 Å². The van der Waals surface area contributed by atoms with Crippen molar-refractivity contribution in [2.75, 3.05) is 51.1 Å². The minimum Gasteiger partial charge on any atom is -0.424 e. The van der Waals surface area contributed by atoms with Gasteiger partial charge in [-0.15, -0.1) is 0 Å². The predicted molar refractivity (Wildman–Crippen MR) is 148 cm³/mol. The minimum atomic E-state index is 0.111. The Labute approximate surface area is 227 Å². The smallest absolute Gasteiger partial charge is 0.292 e. The van der Waals surface area contributed by atoms with E-state index in [1.54, 1.807) is 6.07 Å². The lowest BCUT2D eigenvalue weighted by Gasteiger charge is -2.06. The number of Topliss-reactive ketones (excluding diaryl/α,β-unsaturated/α-hetero) is 1. The summed E-state index contributed by atoms with van der Waals surface area (Å²) in [6, 6.07) is 5.66. The van der Waals surface area contributed by atoms with Crippen LogP contribution in [0.15, 0.2) is 28.9 Å². The van der Waals surface area contributed by atoms with Crippen molar-refractivity contribution in [1.82, 2.24) is 24.7 Å². The number of nitrogen functional groups attached to an aromatic ring is 2. The van der Waals surface area contributed by atoms with Gasteiger partial charge in [0.15, 0.2) is 11.2 Å². The zero-order valence-electron chi connectivity index (χ0n) is 22.4. The molecule has 4 aromatic rings. The fraction of sp³-hybridized carbons (Fsp3) is 0.519. The topological polar surface area (TPSA) is 166 Å². The Morgan fingerprint density at radius 3 is 2.51 bits per heavy atom. The Hall–Kier alpha value is -3.61. The van der Waals surface area contributed by atoms with E-state index in [1.165, 1.54) is 6.33 Å². The second kappa shape index (κ2) is 14.5. The predicted octanol–water partition coefficient (Wildman–Crippen LogP) is 3.78. The van der Waals surface area contributed by atoms with E-state index in [-0.39, 0.29) is 11.8 Å². The lowest BCUT2D eigenvalue weighted by molar-refractivity contribution is -0.120. The zero-order chi connectivity index (χ0) is 27.5. The lowest BCUT2D eigenvalue weighted by Crippen LogP contribution is -2.11. The van der Waals surface area contributed by atoms with E-state index in [4.69, 9.17) is 35.2 Å². The van der Waals surface area contributed by atoms with Crippen LogP contribution in [-0.4, -0.2) is 70.2 Å². The van der Waals surface area contributed by atoms with Crippen LogP contribution >= 0.6 is 0 Å². The molecule has 0 amide bonds. The quantitative estimate of drug-likeness (QED) is 0.177. The summed E-state index contributed by atoms with van der Waals surface area (Å²) in [7, 11) is 0. The minimum absolute atomic E-state index is 0.111. The second-order valence-corrected chi connectivity index (χ2v) is 9.20. The van der Waals surface area contributed by atoms with Crippen LogP contribution in [0.1, 0.15) is 45.4 Å². The molecular formula is C27H37N7O5. The van der Waals surface area contributed by atoms with Crippen LogP contribution in [0.3, 0.4) is 0 Å². The number of nitrogens with two attached hydrogens (primary N) is 2. The molecule has 12 nitrogen and oxygen atoms in total. The monoisotopic (exact) mass is 539 g/mol. The van der Waals surface area contributed by atoms with Crippen molar-refractivity contribution in [3.8, 4) is 11.3 Å².